The first-order valence-corrected chi connectivity index (χ1v) is 17.5. The van der Waals surface area contributed by atoms with Gasteiger partial charge in [-0.2, -0.15) is 0 Å². The van der Waals surface area contributed by atoms with Gasteiger partial charge >= 0.3 is 11.6 Å². The van der Waals surface area contributed by atoms with Crippen LogP contribution in [0.1, 0.15) is 111 Å². The molecule has 1 aromatic heterocycles. The second kappa shape index (κ2) is 12.3. The monoisotopic (exact) mass is 602 g/mol. The molecule has 5 heteroatoms. The summed E-state index contributed by atoms with van der Waals surface area (Å²) in [6.45, 7) is 14.2. The Morgan fingerprint density at radius 3 is 2.64 bits per heavy atom. The van der Waals surface area contributed by atoms with Crippen molar-refractivity contribution in [2.45, 2.75) is 118 Å². The number of carbonyl (C=O) groups excluding carboxylic acids is 1. The van der Waals surface area contributed by atoms with Gasteiger partial charge in [-0.05, 0) is 116 Å². The van der Waals surface area contributed by atoms with Crippen molar-refractivity contribution in [3.8, 4) is 5.75 Å². The summed E-state index contributed by atoms with van der Waals surface area (Å²) in [5.41, 5.74) is 3.19. The zero-order chi connectivity index (χ0) is 31.2. The van der Waals surface area contributed by atoms with Crippen LogP contribution in [0.2, 0.25) is 0 Å². The van der Waals surface area contributed by atoms with Crippen LogP contribution in [0.4, 0.5) is 0 Å². The van der Waals surface area contributed by atoms with Crippen molar-refractivity contribution in [2.24, 2.45) is 46.3 Å². The zero-order valence-corrected chi connectivity index (χ0v) is 28.0. The predicted octanol–water partition coefficient (Wildman–Crippen LogP) is 9.43. The lowest BCUT2D eigenvalue weighted by molar-refractivity contribution is -0.153. The summed E-state index contributed by atoms with van der Waals surface area (Å²) in [6, 6.07) is 6.80. The van der Waals surface area contributed by atoms with Gasteiger partial charge in [0.05, 0.1) is 0 Å². The molecule has 4 aliphatic carbocycles. The van der Waals surface area contributed by atoms with Crippen LogP contribution in [0.15, 0.2) is 45.1 Å². The molecule has 0 amide bonds. The number of benzene rings is 1. The van der Waals surface area contributed by atoms with Crippen molar-refractivity contribution >= 4 is 16.9 Å². The zero-order valence-electron chi connectivity index (χ0n) is 28.0. The molecule has 0 bridgehead atoms. The van der Waals surface area contributed by atoms with E-state index in [2.05, 4.69) is 40.7 Å². The van der Waals surface area contributed by atoms with Crippen LogP contribution in [0, 0.1) is 53.3 Å². The van der Waals surface area contributed by atoms with Crippen LogP contribution in [0.5, 0.6) is 5.75 Å². The Balaban J connectivity index is 1.05. The average Bonchev–Trinajstić information content (AvgIpc) is 3.33. The van der Waals surface area contributed by atoms with Crippen molar-refractivity contribution < 1.29 is 18.7 Å². The molecule has 1 aromatic carbocycles. The minimum atomic E-state index is -0.393. The summed E-state index contributed by atoms with van der Waals surface area (Å²) in [7, 11) is 0. The lowest BCUT2D eigenvalue weighted by Gasteiger charge is -2.58. The van der Waals surface area contributed by atoms with E-state index >= 15 is 0 Å². The number of rotatable bonds is 9. The molecule has 6 rings (SSSR count). The molecule has 3 fully saturated rings. The van der Waals surface area contributed by atoms with Crippen LogP contribution in [0.25, 0.3) is 11.0 Å². The fourth-order valence-corrected chi connectivity index (χ4v) is 10.5. The van der Waals surface area contributed by atoms with Gasteiger partial charge in [-0.1, -0.05) is 65.5 Å². The van der Waals surface area contributed by atoms with Gasteiger partial charge in [0, 0.05) is 23.9 Å². The maximum Gasteiger partial charge on any atom is 0.344 e. The Morgan fingerprint density at radius 2 is 1.84 bits per heavy atom. The second-order valence-corrected chi connectivity index (χ2v) is 15.8. The third-order valence-electron chi connectivity index (χ3n) is 12.8. The molecule has 5 nitrogen and oxygen atoms in total. The van der Waals surface area contributed by atoms with E-state index in [-0.39, 0.29) is 24.1 Å². The third-order valence-corrected chi connectivity index (χ3v) is 12.8. The van der Waals surface area contributed by atoms with E-state index < -0.39 is 5.63 Å². The number of hydrogen-bond acceptors (Lipinski definition) is 5. The smallest absolute Gasteiger partial charge is 0.344 e. The number of esters is 1. The lowest BCUT2D eigenvalue weighted by Crippen LogP contribution is -2.51. The van der Waals surface area contributed by atoms with E-state index in [0.29, 0.717) is 16.7 Å². The third kappa shape index (κ3) is 5.89. The molecule has 1 heterocycles. The van der Waals surface area contributed by atoms with Crippen molar-refractivity contribution in [2.75, 3.05) is 6.61 Å². The van der Waals surface area contributed by atoms with Gasteiger partial charge in [0.1, 0.15) is 17.4 Å². The van der Waals surface area contributed by atoms with Crippen molar-refractivity contribution in [3.05, 3.63) is 51.9 Å². The Kier molecular flexibility index (Phi) is 8.80. The molecule has 3 saturated carbocycles. The molecular weight excluding hydrogens is 548 g/mol. The van der Waals surface area contributed by atoms with Gasteiger partial charge in [0.15, 0.2) is 6.61 Å². The van der Waals surface area contributed by atoms with Gasteiger partial charge in [-0.3, -0.25) is 0 Å². The topological polar surface area (TPSA) is 65.7 Å². The van der Waals surface area contributed by atoms with E-state index in [0.717, 1.165) is 65.7 Å². The molecular formula is C39H54O5. The Hall–Kier alpha value is -2.56. The molecule has 0 spiro atoms. The van der Waals surface area contributed by atoms with Gasteiger partial charge < -0.3 is 13.9 Å². The first kappa shape index (κ1) is 31.4. The number of hydrogen-bond donors (Lipinski definition) is 0. The summed E-state index contributed by atoms with van der Waals surface area (Å²) in [6.07, 6.45) is 16.3. The Bertz CT molecular complexity index is 1450. The number of aryl methyl sites for hydroxylation is 1. The maximum atomic E-state index is 12.8. The summed E-state index contributed by atoms with van der Waals surface area (Å²) in [5.74, 6) is 5.10. The normalized spacial score (nSPS) is 33.7. The Morgan fingerprint density at radius 1 is 1.02 bits per heavy atom. The van der Waals surface area contributed by atoms with E-state index in [1.807, 2.05) is 13.0 Å². The van der Waals surface area contributed by atoms with Gasteiger partial charge in [0.2, 0.25) is 0 Å². The van der Waals surface area contributed by atoms with Crippen molar-refractivity contribution in [3.63, 3.8) is 0 Å². The first-order chi connectivity index (χ1) is 21.0. The van der Waals surface area contributed by atoms with Gasteiger partial charge in [-0.15, -0.1) is 0 Å². The number of ether oxygens (including phenoxy) is 2. The van der Waals surface area contributed by atoms with E-state index in [9.17, 15) is 9.59 Å². The molecule has 44 heavy (non-hydrogen) atoms. The second-order valence-electron chi connectivity index (χ2n) is 15.8. The number of carbonyl (C=O) groups is 1. The van der Waals surface area contributed by atoms with Gasteiger partial charge in [0.25, 0.3) is 0 Å². The van der Waals surface area contributed by atoms with Gasteiger partial charge in [-0.25, -0.2) is 9.59 Å². The molecule has 4 aliphatic rings. The summed E-state index contributed by atoms with van der Waals surface area (Å²) in [4.78, 5) is 24.6. The molecule has 8 atom stereocenters. The standard InChI is InChI=1S/C39H54O5/c1-24(2)8-7-9-25(3)32-14-15-33-31-12-10-27-21-29(16-18-38(27,5)34(31)17-19-39(32,33)6)43-37(41)23-42-28-11-13-30-26(4)20-36(40)44-35(30)22-28/h10-11,13,20,22,24-25,29,31-34H,7-9,12,14-19,21,23H2,1-6H3/t25-,29+,31+,32-,33+,34-,38+,39-/m1/s1. The maximum absolute atomic E-state index is 12.8. The fourth-order valence-electron chi connectivity index (χ4n) is 10.5. The Labute approximate surface area is 264 Å². The van der Waals surface area contributed by atoms with Crippen LogP contribution < -0.4 is 10.4 Å². The quantitative estimate of drug-likeness (QED) is 0.162. The molecule has 0 N–H and O–H groups in total. The molecule has 240 valence electrons. The largest absolute Gasteiger partial charge is 0.482 e. The van der Waals surface area contributed by atoms with Crippen molar-refractivity contribution in [1.29, 1.82) is 0 Å². The molecule has 0 aliphatic heterocycles. The minimum absolute atomic E-state index is 0.0874. The lowest BCUT2D eigenvalue weighted by atomic mass is 9.47. The van der Waals surface area contributed by atoms with Crippen LogP contribution in [-0.4, -0.2) is 18.7 Å². The van der Waals surface area contributed by atoms with Crippen LogP contribution in [0.3, 0.4) is 0 Å². The molecule has 2 aromatic rings. The SMILES string of the molecule is Cc1cc(=O)oc2cc(OCC(=O)O[C@H]3CC[C@@]4(C)C(=CC[C@@H]5[C@H]4CC[C@]4(C)[C@@H]([C@H](C)CCCC(C)C)CC[C@@H]54)C3)ccc12. The molecule has 0 radical (unpaired) electrons. The highest BCUT2D eigenvalue weighted by molar-refractivity contribution is 5.81. The average molecular weight is 603 g/mol. The van der Waals surface area contributed by atoms with Crippen LogP contribution >= 0.6 is 0 Å². The fraction of sp³-hybridized carbons (Fsp3) is 0.692. The number of fused-ring (bicyclic) bond motifs is 6. The number of allylic oxidation sites excluding steroid dienone is 1. The van der Waals surface area contributed by atoms with E-state index in [4.69, 9.17) is 13.9 Å². The van der Waals surface area contributed by atoms with Crippen LogP contribution in [-0.2, 0) is 9.53 Å². The summed E-state index contributed by atoms with van der Waals surface area (Å²) >= 11 is 0. The van der Waals surface area contributed by atoms with E-state index in [1.165, 1.54) is 63.0 Å². The molecule has 0 saturated heterocycles. The predicted molar refractivity (Wildman–Crippen MR) is 176 cm³/mol. The summed E-state index contributed by atoms with van der Waals surface area (Å²) < 4.78 is 17.0. The first-order valence-electron chi connectivity index (χ1n) is 17.5. The highest BCUT2D eigenvalue weighted by Gasteiger charge is 2.59. The highest BCUT2D eigenvalue weighted by Crippen LogP contribution is 2.67. The minimum Gasteiger partial charge on any atom is -0.482 e. The van der Waals surface area contributed by atoms with Crippen molar-refractivity contribution in [1.82, 2.24) is 0 Å². The highest BCUT2D eigenvalue weighted by atomic mass is 16.6. The molecule has 0 unspecified atom stereocenters. The summed E-state index contributed by atoms with van der Waals surface area (Å²) in [5, 5.41) is 0.856. The van der Waals surface area contributed by atoms with E-state index in [1.54, 1.807) is 12.1 Å².